The van der Waals surface area contributed by atoms with E-state index in [1.807, 2.05) is 0 Å². The maximum absolute atomic E-state index is 2.59. The molecule has 0 saturated heterocycles. The molecule has 1 nitrogen and oxygen atoms in total. The van der Waals surface area contributed by atoms with Gasteiger partial charge in [0.25, 0.3) is 0 Å². The first-order valence-electron chi connectivity index (χ1n) is 27.4. The van der Waals surface area contributed by atoms with Gasteiger partial charge in [0.15, 0.2) is 0 Å². The van der Waals surface area contributed by atoms with Crippen molar-refractivity contribution in [2.24, 2.45) is 0 Å². The quantitative estimate of drug-likeness (QED) is 0.154. The average Bonchev–Trinajstić information content (AvgIpc) is 4.14. The number of hydrogen-bond acceptors (Lipinski definition) is 1. The number of nitrogens with zero attached hydrogens (tertiary/aromatic N) is 1. The molecular weight excluding hydrogens is 915 g/mol. The minimum atomic E-state index is -0.615. The summed E-state index contributed by atoms with van der Waals surface area (Å²) in [7, 11) is 0. The van der Waals surface area contributed by atoms with Crippen molar-refractivity contribution >= 4 is 17.1 Å². The zero-order valence-electron chi connectivity index (χ0n) is 45.8. The summed E-state index contributed by atoms with van der Waals surface area (Å²) in [6.07, 6.45) is 0. The molecule has 0 N–H and O–H groups in total. The van der Waals surface area contributed by atoms with E-state index in [4.69, 9.17) is 0 Å². The molecule has 3 aliphatic carbocycles. The molecule has 10 aromatic rings. The smallest absolute Gasteiger partial charge is 0.0714 e. The van der Waals surface area contributed by atoms with E-state index in [9.17, 15) is 0 Å². The van der Waals surface area contributed by atoms with Crippen molar-refractivity contribution in [2.45, 2.75) is 96.3 Å². The fourth-order valence-electron chi connectivity index (χ4n) is 13.8. The van der Waals surface area contributed by atoms with Gasteiger partial charge in [-0.05, 0) is 141 Å². The van der Waals surface area contributed by atoms with Crippen LogP contribution in [-0.2, 0) is 27.1 Å². The maximum Gasteiger partial charge on any atom is 0.0714 e. The highest BCUT2D eigenvalue weighted by Crippen LogP contribution is 2.60. The molecule has 0 aliphatic heterocycles. The first kappa shape index (κ1) is 47.7. The second kappa shape index (κ2) is 17.0. The van der Waals surface area contributed by atoms with E-state index in [0.717, 1.165) is 17.1 Å². The Kier molecular flexibility index (Phi) is 10.7. The molecule has 0 saturated carbocycles. The van der Waals surface area contributed by atoms with Crippen molar-refractivity contribution in [3.63, 3.8) is 0 Å². The monoisotopic (exact) mass is 982 g/mol. The summed E-state index contributed by atoms with van der Waals surface area (Å²) in [6.45, 7) is 23.5. The summed E-state index contributed by atoms with van der Waals surface area (Å²) >= 11 is 0. The van der Waals surface area contributed by atoms with Gasteiger partial charge in [-0.1, -0.05) is 263 Å². The molecule has 0 bridgehead atoms. The average molecular weight is 982 g/mol. The van der Waals surface area contributed by atoms with Gasteiger partial charge in [-0.3, -0.25) is 0 Å². The molecule has 3 aliphatic rings. The number of rotatable bonds is 7. The molecule has 0 atom stereocenters. The lowest BCUT2D eigenvalue weighted by Gasteiger charge is -2.36. The predicted octanol–water partition coefficient (Wildman–Crippen LogP) is 20.1. The minimum absolute atomic E-state index is 0.00936. The zero-order chi connectivity index (χ0) is 52.5. The van der Waals surface area contributed by atoms with Crippen LogP contribution in [0.2, 0.25) is 0 Å². The molecule has 76 heavy (non-hydrogen) atoms. The molecule has 0 fully saturated rings. The fourth-order valence-corrected chi connectivity index (χ4v) is 13.8. The lowest BCUT2D eigenvalue weighted by Crippen LogP contribution is -2.29. The van der Waals surface area contributed by atoms with Gasteiger partial charge in [-0.25, -0.2) is 0 Å². The van der Waals surface area contributed by atoms with Crippen LogP contribution in [0.1, 0.15) is 125 Å². The fraction of sp³-hybridized carbons (Fsp3) is 0.200. The highest BCUT2D eigenvalue weighted by Gasteiger charge is 2.47. The molecule has 0 radical (unpaired) electrons. The molecule has 1 heteroatoms. The summed E-state index contributed by atoms with van der Waals surface area (Å²) in [6, 6.07) is 86.2. The van der Waals surface area contributed by atoms with Crippen LogP contribution in [0, 0.1) is 0 Å². The van der Waals surface area contributed by atoms with E-state index in [1.54, 1.807) is 0 Å². The van der Waals surface area contributed by atoms with Crippen LogP contribution in [0.3, 0.4) is 0 Å². The van der Waals surface area contributed by atoms with E-state index >= 15 is 0 Å². The SMILES string of the molecule is CC(C)(C)c1ccc(C2(c3ccc(C(C)(C)C)cc3)c3ccccc3-c3ccc(N(c4ccccc4-c4ccc5c(c4)C(C)(C)c4ccccc4-5)c4ccccc4-c4cccc5c4C(C)(C)c4ccccc4-5)cc32)cc1. The summed E-state index contributed by atoms with van der Waals surface area (Å²) in [4.78, 5) is 2.59. The Morgan fingerprint density at radius 2 is 0.711 bits per heavy atom. The van der Waals surface area contributed by atoms with Crippen LogP contribution in [0.25, 0.3) is 55.6 Å². The van der Waals surface area contributed by atoms with Crippen LogP contribution in [-0.4, -0.2) is 0 Å². The Balaban J connectivity index is 1.09. The van der Waals surface area contributed by atoms with Crippen molar-refractivity contribution in [1.29, 1.82) is 0 Å². The Morgan fingerprint density at radius 3 is 1.29 bits per heavy atom. The van der Waals surface area contributed by atoms with Crippen molar-refractivity contribution in [3.05, 3.63) is 280 Å². The van der Waals surface area contributed by atoms with E-state index in [1.165, 1.54) is 111 Å². The lowest BCUT2D eigenvalue weighted by atomic mass is 9.67. The molecule has 10 aromatic carbocycles. The van der Waals surface area contributed by atoms with Gasteiger partial charge in [0.1, 0.15) is 0 Å². The first-order valence-corrected chi connectivity index (χ1v) is 27.4. The first-order chi connectivity index (χ1) is 36.5. The topological polar surface area (TPSA) is 3.24 Å². The van der Waals surface area contributed by atoms with Crippen LogP contribution in [0.15, 0.2) is 224 Å². The molecule has 0 aromatic heterocycles. The Hall–Kier alpha value is -8.00. The third kappa shape index (κ3) is 7.04. The van der Waals surface area contributed by atoms with Gasteiger partial charge in [-0.2, -0.15) is 0 Å². The molecule has 0 spiro atoms. The molecular formula is C75H67N. The van der Waals surface area contributed by atoms with Crippen molar-refractivity contribution in [1.82, 2.24) is 0 Å². The Labute approximate surface area is 451 Å². The standard InChI is InChI=1S/C75H67N/c1-71(2,3)49-35-39-51(40-36-49)75(52-41-37-50(38-42-52)72(4,5)6)65-31-18-13-24-56(65)59-45-43-53(47-67(59)75)76(68-32-19-14-22-54(68)48-34-44-58-55-23-11-16-29-63(55)73(7,8)66(58)46-48)69-33-20-15-26-60(69)62-28-21-27-61-57-25-12-17-30-64(57)74(9,10)70(61)62/h11-47H,1-10H3. The highest BCUT2D eigenvalue weighted by atomic mass is 15.1. The van der Waals surface area contributed by atoms with Crippen LogP contribution in [0.5, 0.6) is 0 Å². The summed E-state index contributed by atoms with van der Waals surface area (Å²) in [5.74, 6) is 0. The highest BCUT2D eigenvalue weighted by molar-refractivity contribution is 5.99. The van der Waals surface area contributed by atoms with E-state index in [2.05, 4.69) is 299 Å². The van der Waals surface area contributed by atoms with E-state index in [-0.39, 0.29) is 21.7 Å². The molecule has 0 amide bonds. The third-order valence-corrected chi connectivity index (χ3v) is 17.7. The summed E-state index contributed by atoms with van der Waals surface area (Å²) in [5, 5.41) is 0. The van der Waals surface area contributed by atoms with Gasteiger partial charge in [0, 0.05) is 27.6 Å². The van der Waals surface area contributed by atoms with E-state index < -0.39 is 5.41 Å². The number of hydrogen-bond donors (Lipinski definition) is 0. The Morgan fingerprint density at radius 1 is 0.303 bits per heavy atom. The molecule has 0 unspecified atom stereocenters. The van der Waals surface area contributed by atoms with Gasteiger partial charge < -0.3 is 4.90 Å². The number of fused-ring (bicyclic) bond motifs is 9. The minimum Gasteiger partial charge on any atom is -0.309 e. The summed E-state index contributed by atoms with van der Waals surface area (Å²) in [5.41, 5.74) is 28.4. The van der Waals surface area contributed by atoms with Crippen LogP contribution in [0.4, 0.5) is 17.1 Å². The van der Waals surface area contributed by atoms with Gasteiger partial charge in [0.05, 0.1) is 16.8 Å². The van der Waals surface area contributed by atoms with Crippen LogP contribution >= 0.6 is 0 Å². The molecule has 372 valence electrons. The van der Waals surface area contributed by atoms with Gasteiger partial charge in [0.2, 0.25) is 0 Å². The van der Waals surface area contributed by atoms with Crippen molar-refractivity contribution in [2.75, 3.05) is 4.90 Å². The van der Waals surface area contributed by atoms with E-state index in [0.29, 0.717) is 0 Å². The Bertz CT molecular complexity index is 3880. The summed E-state index contributed by atoms with van der Waals surface area (Å²) < 4.78 is 0. The van der Waals surface area contributed by atoms with Crippen molar-refractivity contribution in [3.8, 4) is 55.6 Å². The zero-order valence-corrected chi connectivity index (χ0v) is 45.8. The van der Waals surface area contributed by atoms with Crippen molar-refractivity contribution < 1.29 is 0 Å². The normalized spacial score (nSPS) is 15.0. The second-order valence-corrected chi connectivity index (χ2v) is 24.9. The van der Waals surface area contributed by atoms with Gasteiger partial charge in [-0.15, -0.1) is 0 Å². The maximum atomic E-state index is 2.59. The second-order valence-electron chi connectivity index (χ2n) is 24.9. The van der Waals surface area contributed by atoms with Crippen LogP contribution < -0.4 is 4.90 Å². The largest absolute Gasteiger partial charge is 0.309 e. The lowest BCUT2D eigenvalue weighted by molar-refractivity contribution is 0.588. The number of benzene rings is 10. The third-order valence-electron chi connectivity index (χ3n) is 17.7. The molecule has 13 rings (SSSR count). The number of para-hydroxylation sites is 2. The number of anilines is 3. The van der Waals surface area contributed by atoms with Gasteiger partial charge >= 0.3 is 0 Å². The predicted molar refractivity (Wildman–Crippen MR) is 322 cm³/mol. The molecule has 0 heterocycles.